The van der Waals surface area contributed by atoms with E-state index in [1.165, 1.54) is 24.2 Å². The smallest absolute Gasteiger partial charge is 0.289 e. The number of hydrogen-bond donors (Lipinski definition) is 0. The monoisotopic (exact) mass is 466 g/mol. The molecule has 3 heterocycles. The van der Waals surface area contributed by atoms with Crippen LogP contribution in [0, 0.1) is 6.92 Å². The Bertz CT molecular complexity index is 1000. The lowest BCUT2D eigenvalue weighted by atomic mass is 9.90. The number of hydrogen-bond acceptors (Lipinski definition) is 4. The van der Waals surface area contributed by atoms with E-state index in [2.05, 4.69) is 4.90 Å². The van der Waals surface area contributed by atoms with Crippen LogP contribution in [0.3, 0.4) is 0 Å². The molecule has 0 bridgehead atoms. The fraction of sp³-hybridized carbons (Fsp3) is 0.625. The number of amides is 1. The Kier molecular flexibility index (Phi) is 5.82. The largest absolute Gasteiger partial charge is 0.489 e. The number of alkyl halides is 2. The van der Waals surface area contributed by atoms with E-state index in [-0.39, 0.29) is 43.7 Å². The van der Waals surface area contributed by atoms with Crippen LogP contribution in [0.15, 0.2) is 16.5 Å². The quantitative estimate of drug-likeness (QED) is 0.583. The third-order valence-electron chi connectivity index (χ3n) is 7.33. The van der Waals surface area contributed by atoms with E-state index in [4.69, 9.17) is 20.8 Å². The van der Waals surface area contributed by atoms with Gasteiger partial charge in [-0.05, 0) is 38.7 Å². The third-order valence-corrected chi connectivity index (χ3v) is 7.62. The number of nitrogens with zero attached hydrogens (tertiary/aromatic N) is 2. The van der Waals surface area contributed by atoms with Gasteiger partial charge in [0.05, 0.1) is 5.02 Å². The molecule has 3 fully saturated rings. The lowest BCUT2D eigenvalue weighted by molar-refractivity contribution is -0.0498. The molecular weight excluding hydrogens is 438 g/mol. The van der Waals surface area contributed by atoms with E-state index >= 15 is 0 Å². The number of likely N-dealkylation sites (tertiary alicyclic amines) is 2. The molecule has 2 saturated heterocycles. The number of carbonyl (C=O) groups excluding carboxylic acids is 1. The van der Waals surface area contributed by atoms with Crippen molar-refractivity contribution in [2.45, 2.75) is 69.9 Å². The van der Waals surface area contributed by atoms with Crippen molar-refractivity contribution in [2.75, 3.05) is 26.2 Å². The van der Waals surface area contributed by atoms with Gasteiger partial charge in [-0.25, -0.2) is 8.78 Å². The van der Waals surface area contributed by atoms with E-state index in [1.807, 2.05) is 0 Å². The van der Waals surface area contributed by atoms with Crippen molar-refractivity contribution in [3.8, 4) is 5.75 Å². The number of aryl methyl sites for hydroxylation is 1. The minimum atomic E-state index is -2.70. The molecule has 1 aromatic heterocycles. The minimum absolute atomic E-state index is 0.0248. The molecule has 5 rings (SSSR count). The number of furan rings is 1. The van der Waals surface area contributed by atoms with Crippen molar-refractivity contribution in [3.05, 3.63) is 28.5 Å². The molecular formula is C24H29ClF2N2O3. The van der Waals surface area contributed by atoms with Gasteiger partial charge in [-0.1, -0.05) is 18.0 Å². The van der Waals surface area contributed by atoms with E-state index in [9.17, 15) is 13.6 Å². The van der Waals surface area contributed by atoms with Gasteiger partial charge in [0, 0.05) is 62.1 Å². The van der Waals surface area contributed by atoms with Crippen molar-refractivity contribution < 1.29 is 22.7 Å². The molecule has 5 nitrogen and oxygen atoms in total. The summed E-state index contributed by atoms with van der Waals surface area (Å²) in [5.74, 6) is -2.30. The molecule has 174 valence electrons. The highest BCUT2D eigenvalue weighted by atomic mass is 35.5. The molecule has 1 aliphatic carbocycles. The first kappa shape index (κ1) is 22.0. The Morgan fingerprint density at radius 3 is 2.44 bits per heavy atom. The maximum absolute atomic E-state index is 13.5. The van der Waals surface area contributed by atoms with Crippen LogP contribution in [0.1, 0.15) is 61.1 Å². The van der Waals surface area contributed by atoms with Gasteiger partial charge in [0.2, 0.25) is 0 Å². The molecule has 0 atom stereocenters. The SMILES string of the molecule is Cc1c(C(=O)N2CCC(F)(F)CC2)oc2cc(OC3CCN(C4CCC4)CC3)c(Cl)cc12. The van der Waals surface area contributed by atoms with E-state index in [1.54, 1.807) is 19.1 Å². The molecule has 1 saturated carbocycles. The molecule has 0 spiro atoms. The van der Waals surface area contributed by atoms with Crippen LogP contribution in [0.25, 0.3) is 11.0 Å². The van der Waals surface area contributed by atoms with Crippen molar-refractivity contribution in [3.63, 3.8) is 0 Å². The van der Waals surface area contributed by atoms with Gasteiger partial charge in [-0.3, -0.25) is 4.79 Å². The van der Waals surface area contributed by atoms with Gasteiger partial charge in [0.25, 0.3) is 11.8 Å². The van der Waals surface area contributed by atoms with Gasteiger partial charge in [-0.15, -0.1) is 0 Å². The Morgan fingerprint density at radius 1 is 1.12 bits per heavy atom. The number of ether oxygens (including phenoxy) is 1. The Morgan fingerprint density at radius 2 is 1.81 bits per heavy atom. The normalized spacial score (nSPS) is 22.8. The van der Waals surface area contributed by atoms with Crippen LogP contribution in [0.5, 0.6) is 5.75 Å². The number of halogens is 3. The summed E-state index contributed by atoms with van der Waals surface area (Å²) in [5.41, 5.74) is 1.20. The summed E-state index contributed by atoms with van der Waals surface area (Å²) in [6, 6.07) is 4.28. The number of fused-ring (bicyclic) bond motifs is 1. The zero-order valence-electron chi connectivity index (χ0n) is 18.3. The molecule has 2 aromatic rings. The number of piperidine rings is 2. The second-order valence-electron chi connectivity index (χ2n) is 9.42. The zero-order valence-corrected chi connectivity index (χ0v) is 19.1. The maximum Gasteiger partial charge on any atom is 0.289 e. The topological polar surface area (TPSA) is 45.9 Å². The van der Waals surface area contributed by atoms with Crippen LogP contribution < -0.4 is 4.74 Å². The molecule has 0 N–H and O–H groups in total. The highest BCUT2D eigenvalue weighted by Crippen LogP contribution is 2.37. The number of carbonyl (C=O) groups is 1. The average Bonchev–Trinajstić information content (AvgIpc) is 3.03. The molecule has 1 amide bonds. The summed E-state index contributed by atoms with van der Waals surface area (Å²) in [7, 11) is 0. The summed E-state index contributed by atoms with van der Waals surface area (Å²) in [5, 5.41) is 1.23. The standard InChI is InChI=1S/C24H29ClF2N2O3/c1-15-18-13-19(25)21(31-17-5-9-28(10-6-17)16-3-2-4-16)14-20(18)32-22(15)23(30)29-11-7-24(26,27)8-12-29/h13-14,16-17H,2-12H2,1H3. The van der Waals surface area contributed by atoms with Crippen molar-refractivity contribution >= 4 is 28.5 Å². The second-order valence-corrected chi connectivity index (χ2v) is 9.83. The summed E-state index contributed by atoms with van der Waals surface area (Å²) in [4.78, 5) is 16.9. The Labute approximate surface area is 191 Å². The van der Waals surface area contributed by atoms with Gasteiger partial charge < -0.3 is 19.0 Å². The van der Waals surface area contributed by atoms with E-state index in [0.29, 0.717) is 21.9 Å². The number of benzene rings is 1. The Hall–Kier alpha value is -1.86. The maximum atomic E-state index is 13.5. The van der Waals surface area contributed by atoms with Crippen molar-refractivity contribution in [2.24, 2.45) is 0 Å². The van der Waals surface area contributed by atoms with Gasteiger partial charge in [0.15, 0.2) is 5.76 Å². The van der Waals surface area contributed by atoms with Crippen LogP contribution in [0.2, 0.25) is 5.02 Å². The van der Waals surface area contributed by atoms with Crippen molar-refractivity contribution in [1.29, 1.82) is 0 Å². The van der Waals surface area contributed by atoms with Crippen LogP contribution in [0.4, 0.5) is 8.78 Å². The fourth-order valence-electron chi connectivity index (χ4n) is 4.99. The highest BCUT2D eigenvalue weighted by Gasteiger charge is 2.37. The molecule has 3 aliphatic rings. The van der Waals surface area contributed by atoms with Gasteiger partial charge >= 0.3 is 0 Å². The zero-order chi connectivity index (χ0) is 22.5. The van der Waals surface area contributed by atoms with Gasteiger partial charge in [-0.2, -0.15) is 0 Å². The third kappa shape index (κ3) is 4.21. The van der Waals surface area contributed by atoms with Crippen LogP contribution in [-0.4, -0.2) is 60.0 Å². The first-order chi connectivity index (χ1) is 15.3. The number of rotatable bonds is 4. The van der Waals surface area contributed by atoms with Crippen LogP contribution >= 0.6 is 11.6 Å². The molecule has 0 unspecified atom stereocenters. The molecule has 8 heteroatoms. The summed E-state index contributed by atoms with van der Waals surface area (Å²) in [6.45, 7) is 3.93. The second kappa shape index (κ2) is 8.49. The average molecular weight is 467 g/mol. The summed E-state index contributed by atoms with van der Waals surface area (Å²) < 4.78 is 39.0. The minimum Gasteiger partial charge on any atom is -0.489 e. The summed E-state index contributed by atoms with van der Waals surface area (Å²) in [6.07, 6.45) is 5.36. The summed E-state index contributed by atoms with van der Waals surface area (Å²) >= 11 is 6.52. The van der Waals surface area contributed by atoms with Crippen molar-refractivity contribution in [1.82, 2.24) is 9.80 Å². The highest BCUT2D eigenvalue weighted by molar-refractivity contribution is 6.33. The predicted octanol–water partition coefficient (Wildman–Crippen LogP) is 5.66. The lowest BCUT2D eigenvalue weighted by Crippen LogP contribution is -2.46. The first-order valence-electron chi connectivity index (χ1n) is 11.6. The van der Waals surface area contributed by atoms with Crippen LogP contribution in [-0.2, 0) is 0 Å². The Balaban J connectivity index is 1.30. The molecule has 1 aromatic carbocycles. The van der Waals surface area contributed by atoms with E-state index in [0.717, 1.165) is 37.4 Å². The van der Waals surface area contributed by atoms with Gasteiger partial charge in [0.1, 0.15) is 17.4 Å². The first-order valence-corrected chi connectivity index (χ1v) is 12.0. The lowest BCUT2D eigenvalue weighted by Gasteiger charge is -2.41. The predicted molar refractivity (Wildman–Crippen MR) is 119 cm³/mol. The van der Waals surface area contributed by atoms with E-state index < -0.39 is 5.92 Å². The fourth-order valence-corrected chi connectivity index (χ4v) is 5.19. The molecule has 32 heavy (non-hydrogen) atoms. The molecule has 0 radical (unpaired) electrons. The molecule has 2 aliphatic heterocycles.